The predicted molar refractivity (Wildman–Crippen MR) is 114 cm³/mol. The zero-order chi connectivity index (χ0) is 20.0. The Morgan fingerprint density at radius 3 is 2.00 bits per heavy atom. The fourth-order valence-electron chi connectivity index (χ4n) is 2.89. The molecule has 4 heteroatoms. The van der Waals surface area contributed by atoms with Crippen molar-refractivity contribution in [2.24, 2.45) is 0 Å². The summed E-state index contributed by atoms with van der Waals surface area (Å²) in [7, 11) is 0. The second-order valence-corrected chi connectivity index (χ2v) is 6.97. The number of phenolic OH excluding ortho intramolecular Hbond substituents is 1. The summed E-state index contributed by atoms with van der Waals surface area (Å²) < 4.78 is 0. The van der Waals surface area contributed by atoms with Gasteiger partial charge in [0.2, 0.25) is 0 Å². The maximum atomic E-state index is 10.3. The molecule has 0 radical (unpaired) electrons. The lowest BCUT2D eigenvalue weighted by atomic mass is 9.77. The molecule has 0 unspecified atom stereocenters. The first-order chi connectivity index (χ1) is 12.8. The quantitative estimate of drug-likeness (QED) is 0.351. The second-order valence-electron chi connectivity index (χ2n) is 6.97. The van der Waals surface area contributed by atoms with Gasteiger partial charge in [0.25, 0.3) is 0 Å². The van der Waals surface area contributed by atoms with E-state index in [4.69, 9.17) is 16.6 Å². The topological polar surface area (TPSA) is 93.9 Å². The Labute approximate surface area is 161 Å². The number of hydrogen-bond donors (Lipinski definition) is 4. The minimum Gasteiger partial charge on any atom is -0.505 e. The number of aromatic hydroxyl groups is 1. The molecule has 1 aliphatic carbocycles. The maximum Gasteiger partial charge on any atom is 0.142 e. The summed E-state index contributed by atoms with van der Waals surface area (Å²) in [4.78, 5) is 0. The molecule has 0 saturated heterocycles. The van der Waals surface area contributed by atoms with E-state index in [1.807, 2.05) is 24.3 Å². The van der Waals surface area contributed by atoms with Gasteiger partial charge in [0.05, 0.1) is 17.1 Å². The first kappa shape index (κ1) is 20.2. The van der Waals surface area contributed by atoms with Gasteiger partial charge in [0, 0.05) is 11.0 Å². The first-order valence-corrected chi connectivity index (χ1v) is 8.97. The standard InChI is InChI=1S/C17H21NO.C6H6N2/c1-4-12-10-14(16(19)15(18)11-12)17(2,3)13-8-6-5-7-9-13;7-5-3-1-2-4-6(5)8/h5-11,19H,4,18H2,1-3H3;1-4,7-8H. The summed E-state index contributed by atoms with van der Waals surface area (Å²) in [5.74, 6) is 0.200. The van der Waals surface area contributed by atoms with Crippen LogP contribution in [-0.4, -0.2) is 16.5 Å². The highest BCUT2D eigenvalue weighted by Gasteiger charge is 2.27. The van der Waals surface area contributed by atoms with E-state index < -0.39 is 0 Å². The van der Waals surface area contributed by atoms with Crippen molar-refractivity contribution < 1.29 is 5.11 Å². The van der Waals surface area contributed by atoms with E-state index in [1.54, 1.807) is 24.3 Å². The first-order valence-electron chi connectivity index (χ1n) is 8.97. The zero-order valence-electron chi connectivity index (χ0n) is 16.1. The van der Waals surface area contributed by atoms with E-state index in [9.17, 15) is 5.11 Å². The van der Waals surface area contributed by atoms with E-state index in [2.05, 4.69) is 39.0 Å². The van der Waals surface area contributed by atoms with Crippen LogP contribution in [0.15, 0.2) is 66.8 Å². The minimum absolute atomic E-state index is 0.200. The lowest BCUT2D eigenvalue weighted by Gasteiger charge is -2.28. The summed E-state index contributed by atoms with van der Waals surface area (Å²) in [5, 5.41) is 24.4. The maximum absolute atomic E-state index is 10.3. The Balaban J connectivity index is 0.000000273. The average molecular weight is 361 g/mol. The minimum atomic E-state index is -0.273. The molecule has 0 spiro atoms. The Kier molecular flexibility index (Phi) is 6.35. The number of nitrogens with two attached hydrogens (primary N) is 1. The molecule has 2 aromatic rings. The molecule has 0 fully saturated rings. The van der Waals surface area contributed by atoms with E-state index in [0.717, 1.165) is 23.1 Å². The van der Waals surface area contributed by atoms with Gasteiger partial charge in [-0.2, -0.15) is 0 Å². The van der Waals surface area contributed by atoms with E-state index in [0.29, 0.717) is 5.69 Å². The van der Waals surface area contributed by atoms with Crippen molar-refractivity contribution in [3.8, 4) is 5.75 Å². The molecule has 4 nitrogen and oxygen atoms in total. The molecule has 0 atom stereocenters. The third-order valence-corrected chi connectivity index (χ3v) is 4.70. The number of nitrogens with one attached hydrogen (secondary N) is 2. The number of hydrogen-bond acceptors (Lipinski definition) is 4. The molecule has 3 rings (SSSR count). The number of anilines is 1. The molecule has 2 aromatic carbocycles. The third kappa shape index (κ3) is 4.73. The zero-order valence-corrected chi connectivity index (χ0v) is 16.1. The fourth-order valence-corrected chi connectivity index (χ4v) is 2.89. The highest BCUT2D eigenvalue weighted by atomic mass is 16.3. The van der Waals surface area contributed by atoms with E-state index in [-0.39, 0.29) is 22.6 Å². The summed E-state index contributed by atoms with van der Waals surface area (Å²) in [6, 6.07) is 14.1. The lowest BCUT2D eigenvalue weighted by molar-refractivity contribution is 0.455. The molecule has 5 N–H and O–H groups in total. The highest BCUT2D eigenvalue weighted by molar-refractivity contribution is 6.48. The predicted octanol–water partition coefficient (Wildman–Crippen LogP) is 5.01. The lowest BCUT2D eigenvalue weighted by Crippen LogP contribution is -2.19. The Morgan fingerprint density at radius 2 is 1.52 bits per heavy atom. The van der Waals surface area contributed by atoms with E-state index in [1.165, 1.54) is 0 Å². The molecule has 0 saturated carbocycles. The van der Waals surface area contributed by atoms with Gasteiger partial charge in [-0.15, -0.1) is 0 Å². The number of allylic oxidation sites excluding steroid dienone is 4. The third-order valence-electron chi connectivity index (χ3n) is 4.70. The summed E-state index contributed by atoms with van der Waals surface area (Å²) in [6.07, 6.45) is 7.60. The molecule has 0 bridgehead atoms. The molecule has 0 aromatic heterocycles. The van der Waals surface area contributed by atoms with Gasteiger partial charge in [0.1, 0.15) is 5.75 Å². The molecule has 140 valence electrons. The van der Waals surface area contributed by atoms with Crippen LogP contribution < -0.4 is 5.73 Å². The Hall–Kier alpha value is -3.14. The van der Waals surface area contributed by atoms with Crippen LogP contribution in [0.5, 0.6) is 5.75 Å². The molecular weight excluding hydrogens is 334 g/mol. The second kappa shape index (κ2) is 8.49. The van der Waals surface area contributed by atoms with Gasteiger partial charge in [-0.3, -0.25) is 10.8 Å². The van der Waals surface area contributed by atoms with Crippen LogP contribution in [0.2, 0.25) is 0 Å². The average Bonchev–Trinajstić information content (AvgIpc) is 2.67. The molecular formula is C23H27N3O. The smallest absolute Gasteiger partial charge is 0.142 e. The van der Waals surface area contributed by atoms with Crippen LogP contribution >= 0.6 is 0 Å². The Bertz CT molecular complexity index is 871. The summed E-state index contributed by atoms with van der Waals surface area (Å²) in [6.45, 7) is 6.30. The molecule has 0 heterocycles. The van der Waals surface area contributed by atoms with Crippen LogP contribution in [0.25, 0.3) is 0 Å². The van der Waals surface area contributed by atoms with Crippen molar-refractivity contribution in [1.29, 1.82) is 10.8 Å². The van der Waals surface area contributed by atoms with Gasteiger partial charge >= 0.3 is 0 Å². The van der Waals surface area contributed by atoms with E-state index >= 15 is 0 Å². The number of benzene rings is 2. The number of nitrogen functional groups attached to an aromatic ring is 1. The van der Waals surface area contributed by atoms with Crippen molar-refractivity contribution in [2.45, 2.75) is 32.6 Å². The highest BCUT2D eigenvalue weighted by Crippen LogP contribution is 2.40. The molecule has 0 amide bonds. The number of rotatable bonds is 3. The molecule has 0 aliphatic heterocycles. The van der Waals surface area contributed by atoms with Gasteiger partial charge in [0.15, 0.2) is 0 Å². The van der Waals surface area contributed by atoms with Gasteiger partial charge in [-0.05, 0) is 35.8 Å². The number of aryl methyl sites for hydroxylation is 1. The van der Waals surface area contributed by atoms with Crippen LogP contribution in [0.1, 0.15) is 37.5 Å². The van der Waals surface area contributed by atoms with Crippen molar-refractivity contribution in [2.75, 3.05) is 5.73 Å². The van der Waals surface area contributed by atoms with Crippen molar-refractivity contribution >= 4 is 17.1 Å². The molecule has 27 heavy (non-hydrogen) atoms. The van der Waals surface area contributed by atoms with Gasteiger partial charge in [-0.1, -0.05) is 69.3 Å². The van der Waals surface area contributed by atoms with Gasteiger partial charge < -0.3 is 10.8 Å². The van der Waals surface area contributed by atoms with Crippen LogP contribution in [-0.2, 0) is 11.8 Å². The Morgan fingerprint density at radius 1 is 0.963 bits per heavy atom. The fraction of sp³-hybridized carbons (Fsp3) is 0.217. The molecule has 1 aliphatic rings. The van der Waals surface area contributed by atoms with Crippen LogP contribution in [0.4, 0.5) is 5.69 Å². The summed E-state index contributed by atoms with van der Waals surface area (Å²) >= 11 is 0. The monoisotopic (exact) mass is 361 g/mol. The van der Waals surface area contributed by atoms with Gasteiger partial charge in [-0.25, -0.2) is 0 Å². The summed E-state index contributed by atoms with van der Waals surface area (Å²) in [5.41, 5.74) is 9.87. The normalized spacial score (nSPS) is 13.3. The van der Waals surface area contributed by atoms with Crippen molar-refractivity contribution in [3.63, 3.8) is 0 Å². The van der Waals surface area contributed by atoms with Crippen molar-refractivity contribution in [1.82, 2.24) is 0 Å². The SMILES string of the molecule is CCc1cc(N)c(O)c(C(C)(C)c2ccccc2)c1.N=C1C=CC=CC1=N. The van der Waals surface area contributed by atoms with Crippen LogP contribution in [0.3, 0.4) is 0 Å². The number of phenols is 1. The van der Waals surface area contributed by atoms with Crippen molar-refractivity contribution in [3.05, 3.63) is 83.5 Å². The largest absolute Gasteiger partial charge is 0.505 e. The van der Waals surface area contributed by atoms with Crippen LogP contribution in [0, 0.1) is 10.8 Å².